The summed E-state index contributed by atoms with van der Waals surface area (Å²) in [5.74, 6) is 8.48. The van der Waals surface area contributed by atoms with E-state index in [2.05, 4.69) is 63.2 Å². The van der Waals surface area contributed by atoms with Crippen LogP contribution in [0.15, 0.2) is 122 Å². The Balaban J connectivity index is 1.99. The first-order valence-electron chi connectivity index (χ1n) is 18.5. The van der Waals surface area contributed by atoms with Crippen molar-refractivity contribution in [2.75, 3.05) is 52.9 Å². The molecule has 0 fully saturated rings. The lowest BCUT2D eigenvalue weighted by molar-refractivity contribution is -0.140. The van der Waals surface area contributed by atoms with Gasteiger partial charge in [-0.2, -0.15) is 0 Å². The Morgan fingerprint density at radius 3 is 1.08 bits per heavy atom. The lowest BCUT2D eigenvalue weighted by Crippen LogP contribution is -2.13. The van der Waals surface area contributed by atoms with Crippen LogP contribution in [-0.2, 0) is 28.5 Å². The van der Waals surface area contributed by atoms with Gasteiger partial charge in [0.2, 0.25) is 0 Å². The van der Waals surface area contributed by atoms with Crippen molar-refractivity contribution < 1.29 is 56.3 Å². The zero-order chi connectivity index (χ0) is 44.2. The molecule has 10 nitrogen and oxygen atoms in total. The lowest BCUT2D eigenvalue weighted by atomic mass is 10.1. The molecule has 12 heteroatoms. The van der Waals surface area contributed by atoms with Gasteiger partial charge in [0.15, 0.2) is 23.1 Å². The highest BCUT2D eigenvalue weighted by molar-refractivity contribution is 5.87. The quantitative estimate of drug-likeness (QED) is 0.0244. The number of benzene rings is 3. The molecule has 0 heterocycles. The first kappa shape index (κ1) is 47.2. The molecule has 0 N–H and O–H groups in total. The van der Waals surface area contributed by atoms with Crippen LogP contribution in [0.5, 0.6) is 23.0 Å². The minimum absolute atomic E-state index is 0.0196. The third-order valence-electron chi connectivity index (χ3n) is 7.70. The average molecular weight is 823 g/mol. The van der Waals surface area contributed by atoms with Gasteiger partial charge in [0, 0.05) is 22.3 Å². The maximum Gasteiger partial charge on any atom is 0.333 e. The summed E-state index contributed by atoms with van der Waals surface area (Å²) in [6.45, 7) is 28.3. The van der Waals surface area contributed by atoms with E-state index in [0.29, 0.717) is 45.3 Å². The fourth-order valence-corrected chi connectivity index (χ4v) is 4.38. The van der Waals surface area contributed by atoms with E-state index in [1.165, 1.54) is 0 Å². The minimum Gasteiger partial charge on any atom is -0.490 e. The normalized spacial score (nSPS) is 9.97. The predicted molar refractivity (Wildman–Crippen MR) is 225 cm³/mol. The van der Waals surface area contributed by atoms with Crippen molar-refractivity contribution in [3.05, 3.63) is 156 Å². The Morgan fingerprint density at radius 1 is 0.450 bits per heavy atom. The van der Waals surface area contributed by atoms with Gasteiger partial charge in [0.05, 0.1) is 0 Å². The third kappa shape index (κ3) is 15.3. The van der Waals surface area contributed by atoms with Crippen molar-refractivity contribution in [1.29, 1.82) is 0 Å². The molecular formula is C48H48F2O10. The van der Waals surface area contributed by atoms with Crippen LogP contribution in [0.25, 0.3) is 0 Å². The maximum absolute atomic E-state index is 16.7. The molecule has 0 radical (unpaired) electrons. The van der Waals surface area contributed by atoms with Crippen molar-refractivity contribution in [1.82, 2.24) is 0 Å². The number of carbonyl (C=O) groups excluding carboxylic acids is 2. The summed E-state index contributed by atoms with van der Waals surface area (Å²) in [6, 6.07) is 13.0. The standard InChI is InChI=1S/C48H48F2O10/c1-31(2)35(9)53-23-27-57-45-41(21-15-37-11-17-39(18-12-37)55-25-29-59-47(51)33(5)6)44(50)46(58-28-24-54-36(10)32(3)4)42(43(45)49)22-16-38-13-19-40(20-14-38)56-26-30-60-48(52)34(7)8/h11-14,17-20H,1,3,5,7,9-10,23-30H2,2,4,6,8H3. The van der Waals surface area contributed by atoms with E-state index in [9.17, 15) is 9.59 Å². The molecule has 0 spiro atoms. The molecule has 0 saturated carbocycles. The van der Waals surface area contributed by atoms with Gasteiger partial charge in [-0.15, -0.1) is 0 Å². The molecule has 60 heavy (non-hydrogen) atoms. The molecule has 0 aromatic heterocycles. The van der Waals surface area contributed by atoms with Crippen molar-refractivity contribution in [2.45, 2.75) is 27.7 Å². The fourth-order valence-electron chi connectivity index (χ4n) is 4.38. The summed E-state index contributed by atoms with van der Waals surface area (Å²) in [6.07, 6.45) is 0. The number of allylic oxidation sites excluding steroid dienone is 2. The van der Waals surface area contributed by atoms with Gasteiger partial charge in [-0.1, -0.05) is 63.2 Å². The van der Waals surface area contributed by atoms with E-state index in [1.54, 1.807) is 76.2 Å². The lowest BCUT2D eigenvalue weighted by Gasteiger charge is -2.17. The molecule has 0 aliphatic rings. The van der Waals surface area contributed by atoms with Crippen molar-refractivity contribution >= 4 is 11.9 Å². The van der Waals surface area contributed by atoms with Crippen LogP contribution < -0.4 is 18.9 Å². The summed E-state index contributed by atoms with van der Waals surface area (Å²) in [5.41, 5.74) is 1.71. The number of ether oxygens (including phenoxy) is 8. The number of esters is 2. The molecule has 314 valence electrons. The molecule has 3 rings (SSSR count). The van der Waals surface area contributed by atoms with Crippen LogP contribution >= 0.6 is 0 Å². The Morgan fingerprint density at radius 2 is 0.767 bits per heavy atom. The summed E-state index contributed by atoms with van der Waals surface area (Å²) in [5, 5.41) is 0. The van der Waals surface area contributed by atoms with Crippen LogP contribution in [0, 0.1) is 35.3 Å². The van der Waals surface area contributed by atoms with E-state index in [4.69, 9.17) is 37.9 Å². The average Bonchev–Trinajstić information content (AvgIpc) is 3.22. The largest absolute Gasteiger partial charge is 0.490 e. The first-order valence-corrected chi connectivity index (χ1v) is 18.5. The van der Waals surface area contributed by atoms with Gasteiger partial charge in [-0.05, 0) is 87.4 Å². The minimum atomic E-state index is -1.03. The second-order valence-electron chi connectivity index (χ2n) is 12.9. The van der Waals surface area contributed by atoms with Gasteiger partial charge >= 0.3 is 11.9 Å². The van der Waals surface area contributed by atoms with E-state index < -0.39 is 46.2 Å². The van der Waals surface area contributed by atoms with Crippen molar-refractivity contribution in [3.63, 3.8) is 0 Å². The molecule has 3 aromatic carbocycles. The van der Waals surface area contributed by atoms with Crippen LogP contribution in [-0.4, -0.2) is 64.8 Å². The number of hydrogen-bond acceptors (Lipinski definition) is 10. The van der Waals surface area contributed by atoms with E-state index >= 15 is 8.78 Å². The first-order chi connectivity index (χ1) is 28.6. The molecule has 0 unspecified atom stereocenters. The van der Waals surface area contributed by atoms with Gasteiger partial charge in [0.25, 0.3) is 0 Å². The van der Waals surface area contributed by atoms with Gasteiger partial charge in [-0.3, -0.25) is 0 Å². The van der Waals surface area contributed by atoms with Crippen LogP contribution in [0.4, 0.5) is 8.78 Å². The highest BCUT2D eigenvalue weighted by atomic mass is 19.1. The topological polar surface area (TPSA) is 108 Å². The second kappa shape index (κ2) is 23.9. The molecule has 0 bridgehead atoms. The monoisotopic (exact) mass is 822 g/mol. The third-order valence-corrected chi connectivity index (χ3v) is 7.70. The van der Waals surface area contributed by atoms with Crippen molar-refractivity contribution in [3.8, 4) is 46.7 Å². The molecule has 0 saturated heterocycles. The highest BCUT2D eigenvalue weighted by Crippen LogP contribution is 2.37. The maximum atomic E-state index is 16.7. The Bertz CT molecular complexity index is 2070. The summed E-state index contributed by atoms with van der Waals surface area (Å²) >= 11 is 0. The summed E-state index contributed by atoms with van der Waals surface area (Å²) < 4.78 is 77.4. The fraction of sp³-hybridized carbons (Fsp3) is 0.250. The van der Waals surface area contributed by atoms with Crippen LogP contribution in [0.1, 0.15) is 49.9 Å². The van der Waals surface area contributed by atoms with Gasteiger partial charge < -0.3 is 37.9 Å². The number of carbonyl (C=O) groups is 2. The van der Waals surface area contributed by atoms with Gasteiger partial charge in [-0.25, -0.2) is 18.4 Å². The molecule has 0 atom stereocenters. The molecule has 0 amide bonds. The zero-order valence-electron chi connectivity index (χ0n) is 34.4. The number of hydrogen-bond donors (Lipinski definition) is 0. The van der Waals surface area contributed by atoms with E-state index in [-0.39, 0.29) is 64.0 Å². The predicted octanol–water partition coefficient (Wildman–Crippen LogP) is 8.73. The number of rotatable bonds is 22. The molecule has 0 aliphatic heterocycles. The SMILES string of the molecule is C=C(C)C(=C)OCCOc1c(F)c(C#Cc2ccc(OCCOC(=O)C(=C)C)cc2)c(OCCOC(=C)C(=C)C)c(F)c1C#Cc1ccc(OCCOC(=O)C(=C)C)cc1. The van der Waals surface area contributed by atoms with Gasteiger partial charge in [0.1, 0.15) is 87.0 Å². The Hall–Kier alpha value is -7.18. The zero-order valence-corrected chi connectivity index (χ0v) is 34.4. The van der Waals surface area contributed by atoms with E-state index in [0.717, 1.165) is 0 Å². The summed E-state index contributed by atoms with van der Waals surface area (Å²) in [4.78, 5) is 23.2. The Kier molecular flexibility index (Phi) is 18.8. The molecule has 3 aromatic rings. The van der Waals surface area contributed by atoms with Crippen molar-refractivity contribution in [2.24, 2.45) is 0 Å². The van der Waals surface area contributed by atoms with Crippen LogP contribution in [0.3, 0.4) is 0 Å². The highest BCUT2D eigenvalue weighted by Gasteiger charge is 2.26. The Labute approximate surface area is 350 Å². The summed E-state index contributed by atoms with van der Waals surface area (Å²) in [7, 11) is 0. The smallest absolute Gasteiger partial charge is 0.333 e. The molecular weight excluding hydrogens is 775 g/mol. The van der Waals surface area contributed by atoms with Crippen LogP contribution in [0.2, 0.25) is 0 Å². The number of halogens is 2. The second-order valence-corrected chi connectivity index (χ2v) is 12.9. The molecule has 0 aliphatic carbocycles. The van der Waals surface area contributed by atoms with E-state index in [1.807, 2.05) is 0 Å².